The number of amides is 2. The SMILES string of the molecule is CC[C@H](C)NS(=O)(=O)c1ccc(NC(=O)[C@H]2CC(=O)N(C3CCCCC3)C2)cc1. The lowest BCUT2D eigenvalue weighted by Gasteiger charge is -2.31. The summed E-state index contributed by atoms with van der Waals surface area (Å²) in [5, 5.41) is 2.83. The number of hydrogen-bond donors (Lipinski definition) is 2. The molecule has 1 saturated carbocycles. The summed E-state index contributed by atoms with van der Waals surface area (Å²) in [6.45, 7) is 4.20. The van der Waals surface area contributed by atoms with Crippen LogP contribution in [-0.4, -0.2) is 43.8 Å². The van der Waals surface area contributed by atoms with Crippen molar-refractivity contribution in [2.24, 2.45) is 5.92 Å². The lowest BCUT2D eigenvalue weighted by Crippen LogP contribution is -2.38. The van der Waals surface area contributed by atoms with Crippen LogP contribution in [0.15, 0.2) is 29.2 Å². The van der Waals surface area contributed by atoms with Crippen molar-refractivity contribution in [2.75, 3.05) is 11.9 Å². The van der Waals surface area contributed by atoms with Crippen LogP contribution in [0.2, 0.25) is 0 Å². The fourth-order valence-electron chi connectivity index (χ4n) is 4.03. The molecule has 8 heteroatoms. The second kappa shape index (κ2) is 9.26. The molecule has 0 aromatic heterocycles. The second-order valence-corrected chi connectivity index (χ2v) is 9.90. The van der Waals surface area contributed by atoms with Crippen molar-refractivity contribution in [1.29, 1.82) is 0 Å². The van der Waals surface area contributed by atoms with Crippen LogP contribution in [0, 0.1) is 5.92 Å². The summed E-state index contributed by atoms with van der Waals surface area (Å²) in [5.41, 5.74) is 0.529. The zero-order valence-electron chi connectivity index (χ0n) is 17.2. The Morgan fingerprint density at radius 3 is 2.45 bits per heavy atom. The zero-order chi connectivity index (χ0) is 21.0. The van der Waals surface area contributed by atoms with Gasteiger partial charge in [0.15, 0.2) is 0 Å². The van der Waals surface area contributed by atoms with E-state index in [1.54, 1.807) is 12.1 Å². The number of rotatable bonds is 7. The van der Waals surface area contributed by atoms with Gasteiger partial charge in [0.1, 0.15) is 0 Å². The normalized spacial score (nSPS) is 21.9. The van der Waals surface area contributed by atoms with Crippen LogP contribution in [0.4, 0.5) is 5.69 Å². The third-order valence-electron chi connectivity index (χ3n) is 5.95. The number of carbonyl (C=O) groups excluding carboxylic acids is 2. The molecule has 1 saturated heterocycles. The maximum Gasteiger partial charge on any atom is 0.240 e. The average molecular weight is 422 g/mol. The quantitative estimate of drug-likeness (QED) is 0.708. The first kappa shape index (κ1) is 21.8. The Hall–Kier alpha value is -1.93. The van der Waals surface area contributed by atoms with Crippen molar-refractivity contribution in [3.8, 4) is 0 Å². The average Bonchev–Trinajstić information content (AvgIpc) is 3.10. The van der Waals surface area contributed by atoms with E-state index in [0.717, 1.165) is 25.7 Å². The lowest BCUT2D eigenvalue weighted by molar-refractivity contribution is -0.130. The monoisotopic (exact) mass is 421 g/mol. The van der Waals surface area contributed by atoms with Crippen molar-refractivity contribution in [3.05, 3.63) is 24.3 Å². The number of nitrogens with zero attached hydrogens (tertiary/aromatic N) is 1. The van der Waals surface area contributed by atoms with Crippen LogP contribution in [0.25, 0.3) is 0 Å². The van der Waals surface area contributed by atoms with Crippen molar-refractivity contribution in [2.45, 2.75) is 75.8 Å². The minimum absolute atomic E-state index is 0.0645. The number of likely N-dealkylation sites (tertiary alicyclic amines) is 1. The highest BCUT2D eigenvalue weighted by Gasteiger charge is 2.38. The number of nitrogens with one attached hydrogen (secondary N) is 2. The Kier molecular flexibility index (Phi) is 6.95. The van der Waals surface area contributed by atoms with Gasteiger partial charge in [0.05, 0.1) is 10.8 Å². The number of benzene rings is 1. The number of carbonyl (C=O) groups is 2. The third kappa shape index (κ3) is 5.36. The molecular weight excluding hydrogens is 390 g/mol. The smallest absolute Gasteiger partial charge is 0.240 e. The molecule has 2 atom stereocenters. The first-order valence-corrected chi connectivity index (χ1v) is 12.0. The summed E-state index contributed by atoms with van der Waals surface area (Å²) >= 11 is 0. The van der Waals surface area contributed by atoms with Gasteiger partial charge in [0.25, 0.3) is 0 Å². The summed E-state index contributed by atoms with van der Waals surface area (Å²) in [7, 11) is -3.57. The maximum absolute atomic E-state index is 12.6. The van der Waals surface area contributed by atoms with Crippen LogP contribution in [0.3, 0.4) is 0 Å². The van der Waals surface area contributed by atoms with Gasteiger partial charge < -0.3 is 10.2 Å². The van der Waals surface area contributed by atoms with Crippen molar-refractivity contribution >= 4 is 27.5 Å². The molecule has 1 aromatic carbocycles. The van der Waals surface area contributed by atoms with Crippen LogP contribution >= 0.6 is 0 Å². The highest BCUT2D eigenvalue weighted by Crippen LogP contribution is 2.29. The molecule has 1 aliphatic carbocycles. The van der Waals surface area contributed by atoms with Gasteiger partial charge in [-0.15, -0.1) is 0 Å². The molecule has 1 aliphatic heterocycles. The molecule has 0 bridgehead atoms. The van der Waals surface area contributed by atoms with E-state index in [9.17, 15) is 18.0 Å². The molecule has 3 rings (SSSR count). The van der Waals surface area contributed by atoms with Gasteiger partial charge >= 0.3 is 0 Å². The van der Waals surface area contributed by atoms with E-state index in [-0.39, 0.29) is 41.1 Å². The molecular formula is C21H31N3O4S. The summed E-state index contributed by atoms with van der Waals surface area (Å²) in [5.74, 6) is -0.487. The Morgan fingerprint density at radius 2 is 1.83 bits per heavy atom. The van der Waals surface area contributed by atoms with E-state index in [1.807, 2.05) is 18.7 Å². The molecule has 0 spiro atoms. The summed E-state index contributed by atoms with van der Waals surface area (Å²) < 4.78 is 27.3. The van der Waals surface area contributed by atoms with Crippen molar-refractivity contribution in [1.82, 2.24) is 9.62 Å². The molecule has 2 fully saturated rings. The summed E-state index contributed by atoms with van der Waals surface area (Å²) in [4.78, 5) is 27.1. The molecule has 1 aromatic rings. The molecule has 0 radical (unpaired) electrons. The molecule has 2 N–H and O–H groups in total. The summed E-state index contributed by atoms with van der Waals surface area (Å²) in [6, 6.07) is 6.25. The van der Waals surface area contributed by atoms with Crippen molar-refractivity contribution < 1.29 is 18.0 Å². The molecule has 2 amide bonds. The predicted molar refractivity (Wildman–Crippen MR) is 112 cm³/mol. The minimum Gasteiger partial charge on any atom is -0.339 e. The second-order valence-electron chi connectivity index (χ2n) is 8.18. The van der Waals surface area contributed by atoms with E-state index in [4.69, 9.17) is 0 Å². The van der Waals surface area contributed by atoms with Crippen LogP contribution < -0.4 is 10.0 Å². The highest BCUT2D eigenvalue weighted by atomic mass is 32.2. The van der Waals surface area contributed by atoms with Crippen LogP contribution in [0.5, 0.6) is 0 Å². The highest BCUT2D eigenvalue weighted by molar-refractivity contribution is 7.89. The number of anilines is 1. The molecule has 0 unspecified atom stereocenters. The van der Waals surface area contributed by atoms with E-state index in [2.05, 4.69) is 10.0 Å². The lowest BCUT2D eigenvalue weighted by atomic mass is 9.94. The van der Waals surface area contributed by atoms with E-state index >= 15 is 0 Å². The van der Waals surface area contributed by atoms with Gasteiger partial charge in [-0.1, -0.05) is 26.2 Å². The number of hydrogen-bond acceptors (Lipinski definition) is 4. The molecule has 1 heterocycles. The van der Waals surface area contributed by atoms with Crippen LogP contribution in [-0.2, 0) is 19.6 Å². The topological polar surface area (TPSA) is 95.6 Å². The van der Waals surface area contributed by atoms with Crippen molar-refractivity contribution in [3.63, 3.8) is 0 Å². The fourth-order valence-corrected chi connectivity index (χ4v) is 5.36. The Bertz CT molecular complexity index is 832. The van der Waals surface area contributed by atoms with Crippen LogP contribution in [0.1, 0.15) is 58.8 Å². The predicted octanol–water partition coefficient (Wildman–Crippen LogP) is 2.88. The number of sulfonamides is 1. The van der Waals surface area contributed by atoms with Gasteiger partial charge in [-0.05, 0) is 50.5 Å². The van der Waals surface area contributed by atoms with E-state index in [0.29, 0.717) is 18.7 Å². The third-order valence-corrected chi connectivity index (χ3v) is 7.55. The zero-order valence-corrected chi connectivity index (χ0v) is 18.0. The Labute approximate surface area is 173 Å². The standard InChI is InChI=1S/C21H31N3O4S/c1-3-15(2)23-29(27,28)19-11-9-17(10-12-19)22-21(26)16-13-20(25)24(14-16)18-7-5-4-6-8-18/h9-12,15-16,18,23H,3-8,13-14H2,1-2H3,(H,22,26)/t15-,16-/m0/s1. The van der Waals surface area contributed by atoms with Gasteiger partial charge in [-0.25, -0.2) is 13.1 Å². The molecule has 7 nitrogen and oxygen atoms in total. The van der Waals surface area contributed by atoms with E-state index < -0.39 is 10.0 Å². The summed E-state index contributed by atoms with van der Waals surface area (Å²) in [6.07, 6.45) is 6.51. The maximum atomic E-state index is 12.6. The molecule has 29 heavy (non-hydrogen) atoms. The molecule has 160 valence electrons. The largest absolute Gasteiger partial charge is 0.339 e. The minimum atomic E-state index is -3.57. The Morgan fingerprint density at radius 1 is 1.17 bits per heavy atom. The fraction of sp³-hybridized carbons (Fsp3) is 0.619. The van der Waals surface area contributed by atoms with Gasteiger partial charge in [-0.2, -0.15) is 0 Å². The Balaban J connectivity index is 1.59. The van der Waals surface area contributed by atoms with E-state index in [1.165, 1.54) is 18.6 Å². The van der Waals surface area contributed by atoms with Gasteiger partial charge in [0, 0.05) is 30.7 Å². The molecule has 2 aliphatic rings. The first-order valence-electron chi connectivity index (χ1n) is 10.5. The van der Waals surface area contributed by atoms with Gasteiger partial charge in [-0.3, -0.25) is 9.59 Å². The van der Waals surface area contributed by atoms with Gasteiger partial charge in [0.2, 0.25) is 21.8 Å². The first-order chi connectivity index (χ1) is 13.8.